The van der Waals surface area contributed by atoms with E-state index in [9.17, 15) is 18.0 Å². The molecule has 0 radical (unpaired) electrons. The highest BCUT2D eigenvalue weighted by atomic mass is 19.4. The molecule has 0 bridgehead atoms. The third kappa shape index (κ3) is 5.80. The Morgan fingerprint density at radius 2 is 2.00 bits per heavy atom. The molecule has 0 spiro atoms. The zero-order chi connectivity index (χ0) is 11.4. The third-order valence-corrected chi connectivity index (χ3v) is 1.87. The van der Waals surface area contributed by atoms with Crippen molar-refractivity contribution in [3.8, 4) is 0 Å². The monoisotopic (exact) mass is 213 g/mol. The first-order valence-electron chi connectivity index (χ1n) is 4.10. The Bertz CT molecular complexity index is 194. The van der Waals surface area contributed by atoms with Crippen molar-refractivity contribution < 1.29 is 22.7 Å². The highest BCUT2D eigenvalue weighted by Crippen LogP contribution is 2.17. The number of rotatable bonds is 4. The van der Waals surface area contributed by atoms with E-state index in [1.165, 1.54) is 14.2 Å². The van der Waals surface area contributed by atoms with Crippen LogP contribution in [0, 0.1) is 0 Å². The van der Waals surface area contributed by atoms with Gasteiger partial charge in [0.15, 0.2) is 0 Å². The number of ether oxygens (including phenoxy) is 1. The van der Waals surface area contributed by atoms with Gasteiger partial charge in [0.1, 0.15) is 0 Å². The first kappa shape index (κ1) is 13.2. The minimum atomic E-state index is -4.24. The van der Waals surface area contributed by atoms with Gasteiger partial charge in [-0.05, 0) is 14.0 Å². The first-order chi connectivity index (χ1) is 6.26. The van der Waals surface area contributed by atoms with Crippen molar-refractivity contribution >= 4 is 5.97 Å². The van der Waals surface area contributed by atoms with E-state index in [4.69, 9.17) is 0 Å². The van der Waals surface area contributed by atoms with Gasteiger partial charge >= 0.3 is 12.1 Å². The summed E-state index contributed by atoms with van der Waals surface area (Å²) in [6.45, 7) is 0.522. The number of hydrogen-bond acceptors (Lipinski definition) is 3. The molecule has 0 aromatic heterocycles. The highest BCUT2D eigenvalue weighted by molar-refractivity contribution is 5.69. The Labute approximate surface area is 80.8 Å². The van der Waals surface area contributed by atoms with E-state index >= 15 is 0 Å². The maximum Gasteiger partial charge on any atom is 0.401 e. The van der Waals surface area contributed by atoms with Crippen molar-refractivity contribution in [1.82, 2.24) is 4.90 Å². The second-order valence-electron chi connectivity index (χ2n) is 3.16. The molecule has 1 atom stereocenters. The summed E-state index contributed by atoms with van der Waals surface area (Å²) < 4.78 is 40.1. The average Bonchev–Trinajstić information content (AvgIpc) is 2.00. The number of methoxy groups -OCH3 is 1. The summed E-state index contributed by atoms with van der Waals surface area (Å²) >= 11 is 0. The fraction of sp³-hybridized carbons (Fsp3) is 0.875. The molecule has 0 N–H and O–H groups in total. The van der Waals surface area contributed by atoms with Crippen molar-refractivity contribution in [3.63, 3.8) is 0 Å². The normalized spacial score (nSPS) is 14.2. The van der Waals surface area contributed by atoms with Crippen LogP contribution in [0.15, 0.2) is 0 Å². The van der Waals surface area contributed by atoms with E-state index in [0.717, 1.165) is 4.90 Å². The van der Waals surface area contributed by atoms with Gasteiger partial charge in [0.05, 0.1) is 20.1 Å². The Morgan fingerprint density at radius 1 is 1.50 bits per heavy atom. The lowest BCUT2D eigenvalue weighted by molar-refractivity contribution is -0.152. The van der Waals surface area contributed by atoms with Gasteiger partial charge in [0, 0.05) is 6.04 Å². The van der Waals surface area contributed by atoms with Gasteiger partial charge in [-0.2, -0.15) is 13.2 Å². The molecule has 0 amide bonds. The van der Waals surface area contributed by atoms with Crippen molar-refractivity contribution in [3.05, 3.63) is 0 Å². The molecular formula is C8H14F3NO2. The zero-order valence-corrected chi connectivity index (χ0v) is 8.39. The predicted octanol–water partition coefficient (Wildman–Crippen LogP) is 1.43. The van der Waals surface area contributed by atoms with Crippen LogP contribution in [0.4, 0.5) is 13.2 Å². The largest absolute Gasteiger partial charge is 0.469 e. The summed E-state index contributed by atoms with van der Waals surface area (Å²) in [7, 11) is 2.53. The van der Waals surface area contributed by atoms with Crippen molar-refractivity contribution in [2.24, 2.45) is 0 Å². The molecule has 0 aliphatic rings. The molecule has 0 saturated heterocycles. The van der Waals surface area contributed by atoms with Gasteiger partial charge in [0.25, 0.3) is 0 Å². The van der Waals surface area contributed by atoms with E-state index in [1.54, 1.807) is 6.92 Å². The van der Waals surface area contributed by atoms with Crippen LogP contribution in [-0.2, 0) is 9.53 Å². The van der Waals surface area contributed by atoms with Crippen LogP contribution in [0.2, 0.25) is 0 Å². The number of nitrogens with zero attached hydrogens (tertiary/aromatic N) is 1. The van der Waals surface area contributed by atoms with Crippen LogP contribution in [0.25, 0.3) is 0 Å². The molecule has 0 aliphatic heterocycles. The van der Waals surface area contributed by atoms with Crippen molar-refractivity contribution in [2.45, 2.75) is 25.6 Å². The number of hydrogen-bond donors (Lipinski definition) is 0. The van der Waals surface area contributed by atoms with E-state index < -0.39 is 24.7 Å². The lowest BCUT2D eigenvalue weighted by atomic mass is 10.2. The van der Waals surface area contributed by atoms with Crippen LogP contribution in [0.3, 0.4) is 0 Å². The molecule has 0 saturated carbocycles. The topological polar surface area (TPSA) is 29.5 Å². The van der Waals surface area contributed by atoms with Gasteiger partial charge < -0.3 is 4.74 Å². The Kier molecular flexibility index (Phi) is 4.90. The second-order valence-corrected chi connectivity index (χ2v) is 3.16. The summed E-state index contributed by atoms with van der Waals surface area (Å²) in [6, 6.07) is -0.482. The van der Waals surface area contributed by atoms with Crippen LogP contribution in [0.1, 0.15) is 13.3 Å². The minimum absolute atomic E-state index is 0.0386. The molecule has 3 nitrogen and oxygen atoms in total. The Morgan fingerprint density at radius 3 is 2.36 bits per heavy atom. The van der Waals surface area contributed by atoms with Gasteiger partial charge in [-0.3, -0.25) is 9.69 Å². The summed E-state index contributed by atoms with van der Waals surface area (Å²) in [6.07, 6.45) is -4.28. The summed E-state index contributed by atoms with van der Waals surface area (Å²) in [5.74, 6) is -0.508. The number of alkyl halides is 3. The van der Waals surface area contributed by atoms with Crippen molar-refractivity contribution in [2.75, 3.05) is 20.7 Å². The van der Waals surface area contributed by atoms with Gasteiger partial charge in [-0.15, -0.1) is 0 Å². The molecule has 84 valence electrons. The van der Waals surface area contributed by atoms with E-state index in [0.29, 0.717) is 0 Å². The molecule has 1 unspecified atom stereocenters. The van der Waals surface area contributed by atoms with Crippen molar-refractivity contribution in [1.29, 1.82) is 0 Å². The zero-order valence-electron chi connectivity index (χ0n) is 8.39. The fourth-order valence-corrected chi connectivity index (χ4v) is 0.919. The van der Waals surface area contributed by atoms with E-state index in [1.807, 2.05) is 0 Å². The van der Waals surface area contributed by atoms with Crippen LogP contribution < -0.4 is 0 Å². The number of carbonyl (C=O) groups is 1. The molecule has 0 aromatic carbocycles. The maximum atomic E-state index is 11.9. The molecule has 0 heterocycles. The van der Waals surface area contributed by atoms with Crippen LogP contribution in [0.5, 0.6) is 0 Å². The first-order valence-corrected chi connectivity index (χ1v) is 4.10. The van der Waals surface area contributed by atoms with E-state index in [2.05, 4.69) is 4.74 Å². The standard InChI is InChI=1S/C8H14F3NO2/c1-6(4-7(13)14-3)12(2)5-8(9,10)11/h6H,4-5H2,1-3H3. The van der Waals surface area contributed by atoms with Gasteiger partial charge in [-0.1, -0.05) is 0 Å². The average molecular weight is 213 g/mol. The minimum Gasteiger partial charge on any atom is -0.469 e. The summed E-state index contributed by atoms with van der Waals surface area (Å²) in [5, 5.41) is 0. The quantitative estimate of drug-likeness (QED) is 0.662. The molecule has 6 heteroatoms. The molecule has 14 heavy (non-hydrogen) atoms. The molecule has 0 aliphatic carbocycles. The SMILES string of the molecule is COC(=O)CC(C)N(C)CC(F)(F)F. The van der Waals surface area contributed by atoms with Crippen LogP contribution >= 0.6 is 0 Å². The molecular weight excluding hydrogens is 199 g/mol. The molecule has 0 fully saturated rings. The maximum absolute atomic E-state index is 11.9. The number of carbonyl (C=O) groups excluding carboxylic acids is 1. The second kappa shape index (κ2) is 5.19. The molecule has 0 rings (SSSR count). The predicted molar refractivity (Wildman–Crippen MR) is 44.8 cm³/mol. The summed E-state index contributed by atoms with van der Waals surface area (Å²) in [4.78, 5) is 11.8. The lowest BCUT2D eigenvalue weighted by Gasteiger charge is -2.24. The summed E-state index contributed by atoms with van der Waals surface area (Å²) in [5.41, 5.74) is 0. The lowest BCUT2D eigenvalue weighted by Crippen LogP contribution is -2.38. The smallest absolute Gasteiger partial charge is 0.401 e. The fourth-order valence-electron chi connectivity index (χ4n) is 0.919. The van der Waals surface area contributed by atoms with Gasteiger partial charge in [0.2, 0.25) is 0 Å². The third-order valence-electron chi connectivity index (χ3n) is 1.87. The molecule has 0 aromatic rings. The van der Waals surface area contributed by atoms with Crippen LogP contribution in [-0.4, -0.2) is 43.8 Å². The van der Waals surface area contributed by atoms with E-state index in [-0.39, 0.29) is 6.42 Å². The number of halogens is 3. The van der Waals surface area contributed by atoms with Gasteiger partial charge in [-0.25, -0.2) is 0 Å². The highest BCUT2D eigenvalue weighted by Gasteiger charge is 2.31. The Hall–Kier alpha value is -0.780. The Balaban J connectivity index is 3.99. The number of esters is 1.